The van der Waals surface area contributed by atoms with Crippen molar-refractivity contribution in [2.75, 3.05) is 39.5 Å². The predicted molar refractivity (Wildman–Crippen MR) is 135 cm³/mol. The van der Waals surface area contributed by atoms with E-state index in [9.17, 15) is 14.3 Å². The first-order valence-electron chi connectivity index (χ1n) is 11.7. The molecule has 36 heavy (non-hydrogen) atoms. The molecule has 1 fully saturated rings. The molecule has 1 atom stereocenters. The van der Waals surface area contributed by atoms with Gasteiger partial charge in [-0.1, -0.05) is 11.6 Å². The van der Waals surface area contributed by atoms with Crippen LogP contribution < -0.4 is 10.5 Å². The highest BCUT2D eigenvalue weighted by Crippen LogP contribution is 2.38. The number of ether oxygens (including phenoxy) is 1. The molecule has 1 aromatic carbocycles. The van der Waals surface area contributed by atoms with Gasteiger partial charge in [-0.25, -0.2) is 9.37 Å². The van der Waals surface area contributed by atoms with Gasteiger partial charge in [0, 0.05) is 36.6 Å². The minimum absolute atomic E-state index is 0.129. The number of nitrogens with zero attached hydrogens (tertiary/aromatic N) is 5. The summed E-state index contributed by atoms with van der Waals surface area (Å²) in [5, 5.41) is 14.8. The number of rotatable bonds is 7. The van der Waals surface area contributed by atoms with Gasteiger partial charge in [-0.3, -0.25) is 9.48 Å². The maximum Gasteiger partial charge on any atom is 0.236 e. The van der Waals surface area contributed by atoms with Crippen LogP contribution in [-0.2, 0) is 4.79 Å². The van der Waals surface area contributed by atoms with Crippen LogP contribution in [0.3, 0.4) is 0 Å². The number of nitrogen functional groups attached to an aromatic ring is 1. The lowest BCUT2D eigenvalue weighted by molar-refractivity contribution is -0.133. The summed E-state index contributed by atoms with van der Waals surface area (Å²) in [5.41, 5.74) is 7.73. The zero-order chi connectivity index (χ0) is 26.0. The van der Waals surface area contributed by atoms with Gasteiger partial charge in [0.25, 0.3) is 0 Å². The molecule has 0 radical (unpaired) electrons. The molecule has 0 bridgehead atoms. The summed E-state index contributed by atoms with van der Waals surface area (Å²) in [5.74, 6) is -0.777. The van der Waals surface area contributed by atoms with E-state index in [0.29, 0.717) is 19.6 Å². The molecule has 0 spiro atoms. The molecule has 1 unspecified atom stereocenters. The molecule has 9 nitrogen and oxygen atoms in total. The van der Waals surface area contributed by atoms with Gasteiger partial charge in [0.05, 0.1) is 29.4 Å². The molecule has 1 saturated heterocycles. The first-order chi connectivity index (χ1) is 17.1. The van der Waals surface area contributed by atoms with Crippen molar-refractivity contribution in [2.45, 2.75) is 31.9 Å². The summed E-state index contributed by atoms with van der Waals surface area (Å²) >= 11 is 6.17. The molecule has 2 aromatic heterocycles. The van der Waals surface area contributed by atoms with E-state index in [2.05, 4.69) is 10.1 Å². The smallest absolute Gasteiger partial charge is 0.236 e. The standard InChI is InChI=1S/C25H30ClFN6O3/c1-15(23-19(26)4-5-20(27)24(23)35)36-21-10-16(11-29-25(21)28)17-12-30-33(13-17)18-6-8-32(9-7-18)22(34)14-31(2)3/h4-5,10-13,15,18,35H,6-9,14H2,1-3H3,(H2,28,29). The number of piperidine rings is 1. The average Bonchev–Trinajstić information content (AvgIpc) is 3.33. The number of hydrogen-bond acceptors (Lipinski definition) is 7. The quantitative estimate of drug-likeness (QED) is 0.490. The number of anilines is 1. The van der Waals surface area contributed by atoms with Crippen LogP contribution in [0, 0.1) is 5.82 Å². The maximum absolute atomic E-state index is 13.9. The summed E-state index contributed by atoms with van der Waals surface area (Å²) in [6.07, 6.45) is 6.18. The Morgan fingerprint density at radius 3 is 2.72 bits per heavy atom. The number of amides is 1. The van der Waals surface area contributed by atoms with Gasteiger partial charge in [-0.15, -0.1) is 0 Å². The van der Waals surface area contributed by atoms with E-state index >= 15 is 0 Å². The predicted octanol–water partition coefficient (Wildman–Crippen LogP) is 3.89. The summed E-state index contributed by atoms with van der Waals surface area (Å²) < 4.78 is 21.7. The number of pyridine rings is 1. The van der Waals surface area contributed by atoms with Crippen LogP contribution in [0.2, 0.25) is 5.02 Å². The largest absolute Gasteiger partial charge is 0.504 e. The SMILES string of the molecule is CC(Oc1cc(-c2cnn(C3CCN(C(=O)CN(C)C)CC3)c2)cnc1N)c1c(Cl)ccc(F)c1O. The molecular weight excluding hydrogens is 487 g/mol. The van der Waals surface area contributed by atoms with Gasteiger partial charge in [0.15, 0.2) is 23.1 Å². The summed E-state index contributed by atoms with van der Waals surface area (Å²) in [6, 6.07) is 4.37. The third-order valence-corrected chi connectivity index (χ3v) is 6.61. The number of aromatic nitrogens is 3. The van der Waals surface area contributed by atoms with Gasteiger partial charge in [0.1, 0.15) is 6.10 Å². The second-order valence-electron chi connectivity index (χ2n) is 9.22. The van der Waals surface area contributed by atoms with Crippen LogP contribution in [0.25, 0.3) is 11.1 Å². The highest BCUT2D eigenvalue weighted by Gasteiger charge is 2.25. The van der Waals surface area contributed by atoms with Crippen molar-refractivity contribution in [3.8, 4) is 22.6 Å². The van der Waals surface area contributed by atoms with Crippen molar-refractivity contribution >= 4 is 23.3 Å². The fraction of sp³-hybridized carbons (Fsp3) is 0.400. The molecule has 3 heterocycles. The highest BCUT2D eigenvalue weighted by atomic mass is 35.5. The molecular formula is C25H30ClFN6O3. The van der Waals surface area contributed by atoms with E-state index in [1.807, 2.05) is 34.8 Å². The van der Waals surface area contributed by atoms with Crippen LogP contribution in [0.1, 0.15) is 37.5 Å². The lowest BCUT2D eigenvalue weighted by Gasteiger charge is -2.32. The Kier molecular flexibility index (Phi) is 7.65. The Morgan fingerprint density at radius 2 is 2.03 bits per heavy atom. The van der Waals surface area contributed by atoms with Crippen molar-refractivity contribution in [1.82, 2.24) is 24.6 Å². The zero-order valence-corrected chi connectivity index (χ0v) is 21.2. The van der Waals surface area contributed by atoms with E-state index in [0.717, 1.165) is 30.0 Å². The van der Waals surface area contributed by atoms with Gasteiger partial charge in [0.2, 0.25) is 5.91 Å². The number of benzene rings is 1. The summed E-state index contributed by atoms with van der Waals surface area (Å²) in [4.78, 5) is 20.3. The number of likely N-dealkylation sites (N-methyl/N-ethyl adjacent to an activating group) is 1. The molecule has 4 rings (SSSR count). The van der Waals surface area contributed by atoms with Gasteiger partial charge in [-0.05, 0) is 52.1 Å². The number of aromatic hydroxyl groups is 1. The van der Waals surface area contributed by atoms with Gasteiger partial charge >= 0.3 is 0 Å². The van der Waals surface area contributed by atoms with Crippen molar-refractivity contribution in [3.05, 3.63) is 53.2 Å². The summed E-state index contributed by atoms with van der Waals surface area (Å²) in [6.45, 7) is 3.44. The fourth-order valence-electron chi connectivity index (χ4n) is 4.34. The molecule has 0 aliphatic carbocycles. The zero-order valence-electron chi connectivity index (χ0n) is 20.5. The molecule has 11 heteroatoms. The van der Waals surface area contributed by atoms with Crippen LogP contribution >= 0.6 is 11.6 Å². The highest BCUT2D eigenvalue weighted by molar-refractivity contribution is 6.31. The first-order valence-corrected chi connectivity index (χ1v) is 12.1. The number of likely N-dealkylation sites (tertiary alicyclic amines) is 1. The minimum atomic E-state index is -0.787. The van der Waals surface area contributed by atoms with Crippen molar-refractivity contribution in [3.63, 3.8) is 0 Å². The lowest BCUT2D eigenvalue weighted by Crippen LogP contribution is -2.43. The van der Waals surface area contributed by atoms with Crippen LogP contribution in [-0.4, -0.2) is 69.3 Å². The molecule has 1 aliphatic rings. The molecule has 192 valence electrons. The van der Waals surface area contributed by atoms with E-state index in [1.54, 1.807) is 25.4 Å². The van der Waals surface area contributed by atoms with Crippen molar-refractivity contribution in [2.24, 2.45) is 0 Å². The fourth-order valence-corrected chi connectivity index (χ4v) is 4.64. The van der Waals surface area contributed by atoms with E-state index in [-0.39, 0.29) is 34.1 Å². The molecule has 0 saturated carbocycles. The van der Waals surface area contributed by atoms with Crippen molar-refractivity contribution in [1.29, 1.82) is 0 Å². The minimum Gasteiger partial charge on any atom is -0.504 e. The summed E-state index contributed by atoms with van der Waals surface area (Å²) in [7, 11) is 3.78. The second kappa shape index (κ2) is 10.7. The average molecular weight is 517 g/mol. The second-order valence-corrected chi connectivity index (χ2v) is 9.62. The number of carbonyl (C=O) groups is 1. The molecule has 1 amide bonds. The number of hydrogen-bond donors (Lipinski definition) is 2. The Balaban J connectivity index is 1.47. The van der Waals surface area contributed by atoms with E-state index < -0.39 is 17.7 Å². The van der Waals surface area contributed by atoms with Crippen LogP contribution in [0.5, 0.6) is 11.5 Å². The van der Waals surface area contributed by atoms with E-state index in [1.165, 1.54) is 6.07 Å². The Bertz CT molecular complexity index is 1240. The number of carbonyl (C=O) groups excluding carboxylic acids is 1. The Hall–Kier alpha value is -3.37. The Labute approximate surface area is 214 Å². The Morgan fingerprint density at radius 1 is 1.31 bits per heavy atom. The van der Waals surface area contributed by atoms with Crippen LogP contribution in [0.15, 0.2) is 36.8 Å². The van der Waals surface area contributed by atoms with Gasteiger partial charge in [-0.2, -0.15) is 5.10 Å². The molecule has 3 aromatic rings. The number of halogens is 2. The normalized spacial score (nSPS) is 15.3. The number of nitrogens with two attached hydrogens (primary N) is 1. The molecule has 1 aliphatic heterocycles. The first kappa shape index (κ1) is 25.7. The molecule has 3 N–H and O–H groups in total. The topological polar surface area (TPSA) is 110 Å². The number of phenols is 1. The monoisotopic (exact) mass is 516 g/mol. The number of phenolic OH excluding ortho intramolecular Hbond substituents is 1. The third kappa shape index (κ3) is 5.55. The maximum atomic E-state index is 13.9. The third-order valence-electron chi connectivity index (χ3n) is 6.28. The lowest BCUT2D eigenvalue weighted by atomic mass is 10.0. The van der Waals surface area contributed by atoms with Crippen LogP contribution in [0.4, 0.5) is 10.2 Å². The van der Waals surface area contributed by atoms with Gasteiger partial charge < -0.3 is 25.4 Å². The van der Waals surface area contributed by atoms with Crippen molar-refractivity contribution < 1.29 is 19.0 Å². The van der Waals surface area contributed by atoms with E-state index in [4.69, 9.17) is 22.1 Å².